The highest BCUT2D eigenvalue weighted by Gasteiger charge is 2.27. The van der Waals surface area contributed by atoms with E-state index >= 15 is 0 Å². The molecule has 2 heterocycles. The average Bonchev–Trinajstić information content (AvgIpc) is 3.08. The van der Waals surface area contributed by atoms with E-state index in [4.69, 9.17) is 16.3 Å². The molecule has 1 atom stereocenters. The predicted octanol–water partition coefficient (Wildman–Crippen LogP) is 1.37. The van der Waals surface area contributed by atoms with Crippen molar-refractivity contribution in [2.24, 2.45) is 5.10 Å². The predicted molar refractivity (Wildman–Crippen MR) is 98.0 cm³/mol. The molecule has 1 aromatic heterocycles. The Labute approximate surface area is 154 Å². The van der Waals surface area contributed by atoms with Gasteiger partial charge < -0.3 is 15.3 Å². The molecule has 3 N–H and O–H groups in total. The van der Waals surface area contributed by atoms with Crippen LogP contribution in [0.4, 0.5) is 0 Å². The van der Waals surface area contributed by atoms with E-state index in [1.54, 1.807) is 19.2 Å². The molecule has 2 aromatic rings. The van der Waals surface area contributed by atoms with Gasteiger partial charge in [-0.25, -0.2) is 4.79 Å². The minimum Gasteiger partial charge on any atom is -0.494 e. The molecule has 1 aromatic carbocycles. The van der Waals surface area contributed by atoms with Crippen LogP contribution in [0.15, 0.2) is 39.0 Å². The fourth-order valence-electron chi connectivity index (χ4n) is 2.88. The van der Waals surface area contributed by atoms with Gasteiger partial charge in [-0.1, -0.05) is 23.7 Å². The van der Waals surface area contributed by atoms with Crippen molar-refractivity contribution in [3.63, 3.8) is 0 Å². The van der Waals surface area contributed by atoms with E-state index in [0.29, 0.717) is 30.2 Å². The second-order valence-electron chi connectivity index (χ2n) is 5.95. The molecule has 1 aliphatic heterocycles. The van der Waals surface area contributed by atoms with Crippen molar-refractivity contribution < 1.29 is 9.84 Å². The number of ether oxygens (including phenoxy) is 1. The van der Waals surface area contributed by atoms with E-state index in [0.717, 1.165) is 10.1 Å². The summed E-state index contributed by atoms with van der Waals surface area (Å²) in [7, 11) is 1.55. The Hall–Kier alpha value is -2.58. The van der Waals surface area contributed by atoms with Gasteiger partial charge in [0.1, 0.15) is 5.56 Å². The van der Waals surface area contributed by atoms with Gasteiger partial charge in [0.2, 0.25) is 5.88 Å². The molecular weight excluding hydrogens is 360 g/mol. The van der Waals surface area contributed by atoms with E-state index in [2.05, 4.69) is 15.5 Å². The number of benzene rings is 1. The molecule has 0 saturated heterocycles. The van der Waals surface area contributed by atoms with Gasteiger partial charge in [-0.05, 0) is 24.1 Å². The Morgan fingerprint density at radius 2 is 2.08 bits per heavy atom. The number of H-pyrrole nitrogens is 1. The van der Waals surface area contributed by atoms with Gasteiger partial charge in [0.15, 0.2) is 0 Å². The lowest BCUT2D eigenvalue weighted by Gasteiger charge is -2.12. The van der Waals surface area contributed by atoms with Gasteiger partial charge in [-0.3, -0.25) is 14.3 Å². The minimum atomic E-state index is -0.659. The van der Waals surface area contributed by atoms with Crippen molar-refractivity contribution in [3.8, 4) is 5.88 Å². The Bertz CT molecular complexity index is 933. The Balaban J connectivity index is 1.87. The van der Waals surface area contributed by atoms with Crippen molar-refractivity contribution in [2.75, 3.05) is 13.7 Å². The molecule has 1 aliphatic rings. The van der Waals surface area contributed by atoms with E-state index in [1.807, 2.05) is 12.1 Å². The van der Waals surface area contributed by atoms with Gasteiger partial charge in [-0.2, -0.15) is 5.10 Å². The normalized spacial score (nSPS) is 16.4. The highest BCUT2D eigenvalue weighted by atomic mass is 35.5. The van der Waals surface area contributed by atoms with Crippen molar-refractivity contribution in [1.82, 2.24) is 15.0 Å². The number of hydrazone groups is 1. The van der Waals surface area contributed by atoms with E-state index < -0.39 is 11.2 Å². The number of aromatic hydroxyl groups is 1. The zero-order chi connectivity index (χ0) is 18.7. The molecule has 0 bridgehead atoms. The fraction of sp³-hybridized carbons (Fsp3) is 0.353. The van der Waals surface area contributed by atoms with Crippen LogP contribution in [0.1, 0.15) is 30.0 Å². The second-order valence-corrected chi connectivity index (χ2v) is 6.39. The van der Waals surface area contributed by atoms with E-state index in [9.17, 15) is 14.7 Å². The maximum Gasteiger partial charge on any atom is 0.331 e. The van der Waals surface area contributed by atoms with Crippen LogP contribution in [0.5, 0.6) is 5.88 Å². The van der Waals surface area contributed by atoms with Crippen molar-refractivity contribution in [1.29, 1.82) is 0 Å². The van der Waals surface area contributed by atoms with Crippen molar-refractivity contribution in [3.05, 3.63) is 61.3 Å². The van der Waals surface area contributed by atoms with Crippen LogP contribution in [-0.4, -0.2) is 34.1 Å². The summed E-state index contributed by atoms with van der Waals surface area (Å²) in [5, 5.41) is 15.3. The van der Waals surface area contributed by atoms with Gasteiger partial charge in [0.25, 0.3) is 5.56 Å². The number of hydrogen-bond acceptors (Lipinski definition) is 6. The molecule has 1 unspecified atom stereocenters. The highest BCUT2D eigenvalue weighted by molar-refractivity contribution is 6.30. The minimum absolute atomic E-state index is 0.00554. The Morgan fingerprint density at radius 1 is 1.35 bits per heavy atom. The summed E-state index contributed by atoms with van der Waals surface area (Å²) in [6, 6.07) is 7.14. The molecule has 3 rings (SSSR count). The SMILES string of the molecule is COCCCn1c(O)c(C2=NNC(c3ccc(Cl)cc3)C2)c(=O)[nH]c1=O. The summed E-state index contributed by atoms with van der Waals surface area (Å²) in [5.41, 5.74) is 2.99. The maximum absolute atomic E-state index is 12.2. The highest BCUT2D eigenvalue weighted by Crippen LogP contribution is 2.26. The summed E-state index contributed by atoms with van der Waals surface area (Å²) in [6.45, 7) is 0.658. The first-order valence-corrected chi connectivity index (χ1v) is 8.52. The molecule has 0 amide bonds. The molecule has 0 spiro atoms. The number of nitrogens with zero attached hydrogens (tertiary/aromatic N) is 2. The topological polar surface area (TPSA) is 109 Å². The monoisotopic (exact) mass is 378 g/mol. The summed E-state index contributed by atoms with van der Waals surface area (Å²) in [5.74, 6) is -0.382. The molecule has 0 radical (unpaired) electrons. The third-order valence-corrected chi connectivity index (χ3v) is 4.47. The standard InChI is InChI=1S/C17H19ClN4O4/c1-26-8-2-7-22-16(24)14(15(23)19-17(22)25)13-9-12(20-21-13)10-3-5-11(18)6-4-10/h3-6,12,20,24H,2,7-9H2,1H3,(H,19,23,25). The first-order valence-electron chi connectivity index (χ1n) is 8.14. The Kier molecular flexibility index (Phi) is 5.43. The third-order valence-electron chi connectivity index (χ3n) is 4.22. The van der Waals surface area contributed by atoms with Crippen LogP contribution in [0.2, 0.25) is 5.02 Å². The molecule has 138 valence electrons. The number of aromatic amines is 1. The number of nitrogens with one attached hydrogen (secondary N) is 2. The van der Waals surface area contributed by atoms with E-state index in [-0.39, 0.29) is 24.0 Å². The number of halogens is 1. The molecule has 0 aliphatic carbocycles. The van der Waals surface area contributed by atoms with Gasteiger partial charge in [0.05, 0.1) is 11.8 Å². The molecular formula is C17H19ClN4O4. The third kappa shape index (κ3) is 3.66. The van der Waals surface area contributed by atoms with Crippen LogP contribution < -0.4 is 16.7 Å². The number of methoxy groups -OCH3 is 1. The summed E-state index contributed by atoms with van der Waals surface area (Å²) >= 11 is 5.90. The lowest BCUT2D eigenvalue weighted by Crippen LogP contribution is -2.34. The molecule has 26 heavy (non-hydrogen) atoms. The van der Waals surface area contributed by atoms with Gasteiger partial charge in [-0.15, -0.1) is 0 Å². The smallest absolute Gasteiger partial charge is 0.331 e. The first-order chi connectivity index (χ1) is 12.5. The van der Waals surface area contributed by atoms with Gasteiger partial charge >= 0.3 is 5.69 Å². The van der Waals surface area contributed by atoms with Crippen molar-refractivity contribution in [2.45, 2.75) is 25.4 Å². The van der Waals surface area contributed by atoms with Crippen LogP contribution in [-0.2, 0) is 11.3 Å². The largest absolute Gasteiger partial charge is 0.494 e. The van der Waals surface area contributed by atoms with Crippen LogP contribution in [0.3, 0.4) is 0 Å². The average molecular weight is 379 g/mol. The zero-order valence-corrected chi connectivity index (χ0v) is 14.9. The summed E-state index contributed by atoms with van der Waals surface area (Å²) < 4.78 is 6.08. The number of rotatable bonds is 6. The lowest BCUT2D eigenvalue weighted by molar-refractivity contribution is 0.188. The molecule has 9 heteroatoms. The lowest BCUT2D eigenvalue weighted by atomic mass is 10.00. The summed E-state index contributed by atoms with van der Waals surface area (Å²) in [6.07, 6.45) is 0.919. The molecule has 0 saturated carbocycles. The summed E-state index contributed by atoms with van der Waals surface area (Å²) in [4.78, 5) is 26.5. The number of aromatic nitrogens is 2. The number of hydrogen-bond donors (Lipinski definition) is 3. The van der Waals surface area contributed by atoms with E-state index in [1.165, 1.54) is 0 Å². The maximum atomic E-state index is 12.2. The van der Waals surface area contributed by atoms with Crippen molar-refractivity contribution >= 4 is 17.3 Å². The quantitative estimate of drug-likeness (QED) is 0.658. The molecule has 8 nitrogen and oxygen atoms in total. The van der Waals surface area contributed by atoms with Crippen LogP contribution in [0.25, 0.3) is 0 Å². The Morgan fingerprint density at radius 3 is 2.77 bits per heavy atom. The first kappa shape index (κ1) is 18.2. The fourth-order valence-corrected chi connectivity index (χ4v) is 3.01. The zero-order valence-electron chi connectivity index (χ0n) is 14.2. The second kappa shape index (κ2) is 7.76. The van der Waals surface area contributed by atoms with Crippen LogP contribution in [0, 0.1) is 0 Å². The molecule has 0 fully saturated rings. The van der Waals surface area contributed by atoms with Crippen LogP contribution >= 0.6 is 11.6 Å². The van der Waals surface area contributed by atoms with Gasteiger partial charge in [0, 0.05) is 31.7 Å².